The minimum absolute atomic E-state index is 0.0790. The van der Waals surface area contributed by atoms with Crippen molar-refractivity contribution in [2.45, 2.75) is 52.1 Å². The summed E-state index contributed by atoms with van der Waals surface area (Å²) in [5.74, 6) is 0.968. The number of hydrogen-bond acceptors (Lipinski definition) is 4. The van der Waals surface area contributed by atoms with Crippen molar-refractivity contribution < 1.29 is 9.72 Å². The van der Waals surface area contributed by atoms with Crippen molar-refractivity contribution in [1.82, 2.24) is 15.5 Å². The van der Waals surface area contributed by atoms with E-state index in [-0.39, 0.29) is 17.6 Å². The number of non-ortho nitro benzene ring substituents is 1. The summed E-state index contributed by atoms with van der Waals surface area (Å²) < 4.78 is 0. The van der Waals surface area contributed by atoms with E-state index in [9.17, 15) is 14.9 Å². The first-order chi connectivity index (χ1) is 13.0. The Balaban J connectivity index is 1.86. The molecule has 0 radical (unpaired) electrons. The van der Waals surface area contributed by atoms with Crippen LogP contribution in [-0.4, -0.2) is 47.4 Å². The quantitative estimate of drug-likeness (QED) is 0.227. The molecule has 0 aliphatic carbocycles. The highest BCUT2D eigenvalue weighted by Gasteiger charge is 2.19. The maximum Gasteiger partial charge on any atom is 0.269 e. The van der Waals surface area contributed by atoms with E-state index in [1.807, 2.05) is 4.90 Å². The van der Waals surface area contributed by atoms with E-state index in [4.69, 9.17) is 0 Å². The lowest BCUT2D eigenvalue weighted by Crippen LogP contribution is -2.43. The fraction of sp³-hybridized carbons (Fsp3) is 0.579. The van der Waals surface area contributed by atoms with Crippen LogP contribution < -0.4 is 10.6 Å². The second-order valence-electron chi connectivity index (χ2n) is 6.81. The third-order valence-electron chi connectivity index (χ3n) is 4.63. The molecule has 8 heteroatoms. The van der Waals surface area contributed by atoms with Crippen LogP contribution in [0.5, 0.6) is 0 Å². The average molecular weight is 375 g/mol. The zero-order chi connectivity index (χ0) is 19.6. The SMILES string of the molecule is CCC(C)NC(=NCc1ccc([N+](=O)[O-])cc1)NCCCN1CCCC1=O. The molecule has 1 atom stereocenters. The van der Waals surface area contributed by atoms with Gasteiger partial charge in [0.25, 0.3) is 5.69 Å². The molecule has 1 heterocycles. The van der Waals surface area contributed by atoms with E-state index < -0.39 is 4.92 Å². The van der Waals surface area contributed by atoms with Crippen LogP contribution >= 0.6 is 0 Å². The Morgan fingerprint density at radius 3 is 2.70 bits per heavy atom. The third-order valence-corrected chi connectivity index (χ3v) is 4.63. The lowest BCUT2D eigenvalue weighted by atomic mass is 10.2. The fourth-order valence-electron chi connectivity index (χ4n) is 2.80. The van der Waals surface area contributed by atoms with E-state index in [1.54, 1.807) is 12.1 Å². The largest absolute Gasteiger partial charge is 0.356 e. The maximum atomic E-state index is 11.6. The van der Waals surface area contributed by atoms with Gasteiger partial charge in [-0.1, -0.05) is 19.1 Å². The Morgan fingerprint density at radius 1 is 1.37 bits per heavy atom. The predicted octanol–water partition coefficient (Wildman–Crippen LogP) is 2.44. The van der Waals surface area contributed by atoms with E-state index in [0.29, 0.717) is 13.0 Å². The molecule has 2 rings (SSSR count). The fourth-order valence-corrected chi connectivity index (χ4v) is 2.80. The summed E-state index contributed by atoms with van der Waals surface area (Å²) in [5, 5.41) is 17.4. The van der Waals surface area contributed by atoms with Gasteiger partial charge in [0.1, 0.15) is 0 Å². The first-order valence-corrected chi connectivity index (χ1v) is 9.55. The second kappa shape index (κ2) is 10.5. The summed E-state index contributed by atoms with van der Waals surface area (Å²) in [6, 6.07) is 6.72. The Bertz CT molecular complexity index is 660. The molecule has 1 aliphatic heterocycles. The summed E-state index contributed by atoms with van der Waals surface area (Å²) in [6.45, 7) is 6.99. The van der Waals surface area contributed by atoms with Gasteiger partial charge < -0.3 is 15.5 Å². The number of nitro benzene ring substituents is 1. The van der Waals surface area contributed by atoms with Gasteiger partial charge >= 0.3 is 0 Å². The lowest BCUT2D eigenvalue weighted by molar-refractivity contribution is -0.384. The van der Waals surface area contributed by atoms with Gasteiger partial charge in [0, 0.05) is 44.2 Å². The molecule has 1 aromatic carbocycles. The number of nitrogens with one attached hydrogen (secondary N) is 2. The number of carbonyl (C=O) groups excluding carboxylic acids is 1. The maximum absolute atomic E-state index is 11.6. The summed E-state index contributed by atoms with van der Waals surface area (Å²) >= 11 is 0. The highest BCUT2D eigenvalue weighted by atomic mass is 16.6. The number of hydrogen-bond donors (Lipinski definition) is 2. The minimum Gasteiger partial charge on any atom is -0.356 e. The molecular weight excluding hydrogens is 346 g/mol. The molecule has 0 aromatic heterocycles. The van der Waals surface area contributed by atoms with Crippen molar-refractivity contribution in [3.63, 3.8) is 0 Å². The molecule has 0 saturated carbocycles. The lowest BCUT2D eigenvalue weighted by Gasteiger charge is -2.19. The van der Waals surface area contributed by atoms with Crippen LogP contribution in [0, 0.1) is 10.1 Å². The Labute approximate surface area is 160 Å². The molecule has 27 heavy (non-hydrogen) atoms. The zero-order valence-corrected chi connectivity index (χ0v) is 16.1. The number of aliphatic imine (C=N–C) groups is 1. The number of nitro groups is 1. The van der Waals surface area contributed by atoms with E-state index in [2.05, 4.69) is 29.5 Å². The van der Waals surface area contributed by atoms with Gasteiger partial charge in [-0.3, -0.25) is 14.9 Å². The molecule has 1 aromatic rings. The van der Waals surface area contributed by atoms with Crippen LogP contribution in [-0.2, 0) is 11.3 Å². The van der Waals surface area contributed by atoms with E-state index >= 15 is 0 Å². The molecule has 0 bridgehead atoms. The Morgan fingerprint density at radius 2 is 2.11 bits per heavy atom. The average Bonchev–Trinajstić information content (AvgIpc) is 3.07. The van der Waals surface area contributed by atoms with Crippen molar-refractivity contribution in [2.24, 2.45) is 4.99 Å². The number of nitrogens with zero attached hydrogens (tertiary/aromatic N) is 3. The van der Waals surface area contributed by atoms with Gasteiger partial charge in [-0.05, 0) is 31.7 Å². The monoisotopic (exact) mass is 375 g/mol. The molecule has 1 unspecified atom stereocenters. The molecule has 1 fully saturated rings. The van der Waals surface area contributed by atoms with Gasteiger partial charge in [-0.15, -0.1) is 0 Å². The third kappa shape index (κ3) is 6.88. The standard InChI is InChI=1S/C19H29N5O3/c1-3-15(2)22-19(20-11-5-13-23-12-4-6-18(23)25)21-14-16-7-9-17(10-8-16)24(26)27/h7-10,15H,3-6,11-14H2,1-2H3,(H2,20,21,22). The highest BCUT2D eigenvalue weighted by molar-refractivity contribution is 5.80. The van der Waals surface area contributed by atoms with E-state index in [0.717, 1.165) is 50.4 Å². The van der Waals surface area contributed by atoms with Crippen molar-refractivity contribution in [3.8, 4) is 0 Å². The number of guanidine groups is 1. The number of benzene rings is 1. The molecule has 1 aliphatic rings. The van der Waals surface area contributed by atoms with Crippen LogP contribution in [0.2, 0.25) is 0 Å². The van der Waals surface area contributed by atoms with Crippen LogP contribution in [0.15, 0.2) is 29.3 Å². The van der Waals surface area contributed by atoms with Crippen LogP contribution in [0.4, 0.5) is 5.69 Å². The number of likely N-dealkylation sites (tertiary alicyclic amines) is 1. The van der Waals surface area contributed by atoms with E-state index in [1.165, 1.54) is 12.1 Å². The summed E-state index contributed by atoms with van der Waals surface area (Å²) in [4.78, 5) is 28.5. The van der Waals surface area contributed by atoms with Crippen LogP contribution in [0.25, 0.3) is 0 Å². The normalized spacial score (nSPS) is 15.7. The minimum atomic E-state index is -0.407. The Kier molecular flexibility index (Phi) is 8.03. The molecular formula is C19H29N5O3. The summed E-state index contributed by atoms with van der Waals surface area (Å²) in [7, 11) is 0. The van der Waals surface area contributed by atoms with Gasteiger partial charge in [-0.2, -0.15) is 0 Å². The van der Waals surface area contributed by atoms with Gasteiger partial charge in [-0.25, -0.2) is 4.99 Å². The Hall–Kier alpha value is -2.64. The number of amides is 1. The van der Waals surface area contributed by atoms with Crippen molar-refractivity contribution >= 4 is 17.6 Å². The van der Waals surface area contributed by atoms with Crippen LogP contribution in [0.1, 0.15) is 45.1 Å². The molecule has 0 spiro atoms. The smallest absolute Gasteiger partial charge is 0.269 e. The molecule has 1 saturated heterocycles. The highest BCUT2D eigenvalue weighted by Crippen LogP contribution is 2.12. The zero-order valence-electron chi connectivity index (χ0n) is 16.1. The first kappa shape index (κ1) is 20.7. The van der Waals surface area contributed by atoms with Crippen molar-refractivity contribution in [1.29, 1.82) is 0 Å². The van der Waals surface area contributed by atoms with Gasteiger partial charge in [0.05, 0.1) is 11.5 Å². The van der Waals surface area contributed by atoms with Gasteiger partial charge in [0.2, 0.25) is 5.91 Å². The predicted molar refractivity (Wildman–Crippen MR) is 106 cm³/mol. The number of rotatable bonds is 9. The summed E-state index contributed by atoms with van der Waals surface area (Å²) in [6.07, 6.45) is 3.47. The topological polar surface area (TPSA) is 99.9 Å². The first-order valence-electron chi connectivity index (χ1n) is 9.55. The molecule has 148 valence electrons. The second-order valence-corrected chi connectivity index (χ2v) is 6.81. The van der Waals surface area contributed by atoms with Crippen molar-refractivity contribution in [3.05, 3.63) is 39.9 Å². The molecule has 8 nitrogen and oxygen atoms in total. The molecule has 2 N–H and O–H groups in total. The molecule has 1 amide bonds. The number of carbonyl (C=O) groups is 1. The van der Waals surface area contributed by atoms with Gasteiger partial charge in [0.15, 0.2) is 5.96 Å². The van der Waals surface area contributed by atoms with Crippen molar-refractivity contribution in [2.75, 3.05) is 19.6 Å². The summed E-state index contributed by atoms with van der Waals surface area (Å²) in [5.41, 5.74) is 0.990. The van der Waals surface area contributed by atoms with Crippen LogP contribution in [0.3, 0.4) is 0 Å².